The van der Waals surface area contributed by atoms with Crippen LogP contribution in [0.15, 0.2) is 84.0 Å². The minimum atomic E-state index is -0.201. The number of benzene rings is 3. The van der Waals surface area contributed by atoms with E-state index in [2.05, 4.69) is 78.7 Å². The summed E-state index contributed by atoms with van der Waals surface area (Å²) in [7, 11) is 0. The number of fused-ring (bicyclic) bond motifs is 5. The number of rotatable bonds is 2. The first kappa shape index (κ1) is 23.0. The first-order valence-corrected chi connectivity index (χ1v) is 12.2. The highest BCUT2D eigenvalue weighted by molar-refractivity contribution is 6.30. The molecule has 0 fully saturated rings. The van der Waals surface area contributed by atoms with E-state index in [1.165, 1.54) is 38.9 Å². The molecule has 172 valence electrons. The third kappa shape index (κ3) is 3.70. The van der Waals surface area contributed by atoms with Crippen molar-refractivity contribution in [3.8, 4) is 11.1 Å². The van der Waals surface area contributed by atoms with Crippen molar-refractivity contribution in [3.05, 3.63) is 112 Å². The number of hydrazone groups is 1. The largest absolute Gasteiger partial charge is 0.255 e. The molecule has 0 bridgehead atoms. The maximum Gasteiger partial charge on any atom is 0.0857 e. The van der Waals surface area contributed by atoms with E-state index in [4.69, 9.17) is 16.7 Å². The third-order valence-corrected chi connectivity index (χ3v) is 7.74. The average molecular weight is 487 g/mol. The lowest BCUT2D eigenvalue weighted by molar-refractivity contribution is 0.159. The van der Waals surface area contributed by atoms with Gasteiger partial charge in [-0.05, 0) is 102 Å². The molecule has 1 aliphatic heterocycles. The minimum Gasteiger partial charge on any atom is -0.255 e. The van der Waals surface area contributed by atoms with E-state index in [9.17, 15) is 0 Å². The molecule has 0 amide bonds. The molecule has 2 nitrogen and oxygen atoms in total. The quantitative estimate of drug-likeness (QED) is 0.358. The molecule has 6 rings (SSSR count). The summed E-state index contributed by atoms with van der Waals surface area (Å²) in [6.45, 7) is 2.37. The summed E-state index contributed by atoms with van der Waals surface area (Å²) in [6, 6.07) is 21.7. The summed E-state index contributed by atoms with van der Waals surface area (Å²) in [4.78, 5) is 0. The third-order valence-electron chi connectivity index (χ3n) is 7.50. The second-order valence-electron chi connectivity index (χ2n) is 9.43. The van der Waals surface area contributed by atoms with Gasteiger partial charge in [0.1, 0.15) is 0 Å². The monoisotopic (exact) mass is 486 g/mol. The Kier molecular flexibility index (Phi) is 6.14. The van der Waals surface area contributed by atoms with Crippen LogP contribution in [0.3, 0.4) is 0 Å². The van der Waals surface area contributed by atoms with E-state index < -0.39 is 0 Å². The number of allylic oxidation sites excluding steroid dienone is 3. The van der Waals surface area contributed by atoms with E-state index in [1.807, 2.05) is 18.4 Å². The van der Waals surface area contributed by atoms with Crippen molar-refractivity contribution in [2.24, 2.45) is 5.10 Å². The molecule has 4 heteroatoms. The van der Waals surface area contributed by atoms with Crippen LogP contribution in [0, 0.1) is 0 Å². The zero-order valence-electron chi connectivity index (χ0n) is 19.3. The molecule has 3 aromatic carbocycles. The Morgan fingerprint density at radius 3 is 2.56 bits per heavy atom. The van der Waals surface area contributed by atoms with Crippen molar-refractivity contribution in [1.29, 1.82) is 0 Å². The summed E-state index contributed by atoms with van der Waals surface area (Å²) < 4.78 is 0. The number of halogens is 2. The SMILES string of the molecule is C[C@@]1(N2N=CC=CC=C2c2ccccc2)CCCc2c1ccc1c2CCc2cc(Cl)ccc2-1.Cl. The first-order chi connectivity index (χ1) is 16.1. The summed E-state index contributed by atoms with van der Waals surface area (Å²) >= 11 is 6.29. The lowest BCUT2D eigenvalue weighted by Crippen LogP contribution is -2.42. The van der Waals surface area contributed by atoms with Crippen LogP contribution in [0.4, 0.5) is 0 Å². The van der Waals surface area contributed by atoms with Crippen LogP contribution >= 0.6 is 24.0 Å². The Hall–Kier alpha value is -2.81. The minimum absolute atomic E-state index is 0. The number of aryl methyl sites for hydroxylation is 1. The molecule has 2 aliphatic carbocycles. The van der Waals surface area contributed by atoms with Gasteiger partial charge in [-0.25, -0.2) is 0 Å². The van der Waals surface area contributed by atoms with Crippen LogP contribution in [0.1, 0.15) is 47.6 Å². The van der Waals surface area contributed by atoms with Gasteiger partial charge in [0, 0.05) is 11.2 Å². The van der Waals surface area contributed by atoms with Crippen molar-refractivity contribution >= 4 is 35.9 Å². The maximum absolute atomic E-state index is 6.29. The van der Waals surface area contributed by atoms with Gasteiger partial charge in [-0.2, -0.15) is 5.10 Å². The average Bonchev–Trinajstić information content (AvgIpc) is 3.11. The van der Waals surface area contributed by atoms with Crippen LogP contribution < -0.4 is 0 Å². The van der Waals surface area contributed by atoms with Gasteiger partial charge in [-0.15, -0.1) is 12.4 Å². The summed E-state index contributed by atoms with van der Waals surface area (Å²) in [6.07, 6.45) is 13.7. The number of hydrogen-bond acceptors (Lipinski definition) is 2. The molecule has 0 saturated heterocycles. The molecule has 1 atom stereocenters. The first-order valence-electron chi connectivity index (χ1n) is 11.9. The predicted molar refractivity (Wildman–Crippen MR) is 146 cm³/mol. The van der Waals surface area contributed by atoms with E-state index in [-0.39, 0.29) is 17.9 Å². The summed E-state index contributed by atoms with van der Waals surface area (Å²) in [5.74, 6) is 0. The smallest absolute Gasteiger partial charge is 0.0857 e. The molecule has 0 N–H and O–H groups in total. The van der Waals surface area contributed by atoms with E-state index in [1.54, 1.807) is 0 Å². The summed E-state index contributed by atoms with van der Waals surface area (Å²) in [5, 5.41) is 8.07. The molecule has 0 aromatic heterocycles. The zero-order valence-corrected chi connectivity index (χ0v) is 20.9. The fourth-order valence-electron chi connectivity index (χ4n) is 5.93. The van der Waals surface area contributed by atoms with Crippen molar-refractivity contribution in [2.75, 3.05) is 0 Å². The van der Waals surface area contributed by atoms with Crippen molar-refractivity contribution in [2.45, 2.75) is 44.6 Å². The van der Waals surface area contributed by atoms with Gasteiger partial charge < -0.3 is 0 Å². The van der Waals surface area contributed by atoms with Crippen LogP contribution in [-0.2, 0) is 24.8 Å². The molecule has 0 spiro atoms. The van der Waals surface area contributed by atoms with Crippen LogP contribution in [0.5, 0.6) is 0 Å². The Bertz CT molecular complexity index is 1320. The van der Waals surface area contributed by atoms with Gasteiger partial charge in [-0.3, -0.25) is 5.01 Å². The zero-order chi connectivity index (χ0) is 22.4. The van der Waals surface area contributed by atoms with Crippen molar-refractivity contribution in [1.82, 2.24) is 5.01 Å². The van der Waals surface area contributed by atoms with Gasteiger partial charge >= 0.3 is 0 Å². The van der Waals surface area contributed by atoms with Gasteiger partial charge in [-0.1, -0.05) is 66.2 Å². The van der Waals surface area contributed by atoms with Gasteiger partial charge in [0.05, 0.1) is 11.2 Å². The van der Waals surface area contributed by atoms with Gasteiger partial charge in [0.25, 0.3) is 0 Å². The fourth-order valence-corrected chi connectivity index (χ4v) is 6.13. The summed E-state index contributed by atoms with van der Waals surface area (Å²) in [5.41, 5.74) is 10.7. The maximum atomic E-state index is 6.29. The van der Waals surface area contributed by atoms with Gasteiger partial charge in [0.15, 0.2) is 0 Å². The molecule has 3 aliphatic rings. The Morgan fingerprint density at radius 2 is 1.71 bits per heavy atom. The van der Waals surface area contributed by atoms with Crippen LogP contribution in [0.25, 0.3) is 16.8 Å². The fraction of sp³-hybridized carbons (Fsp3) is 0.233. The van der Waals surface area contributed by atoms with Crippen LogP contribution in [0.2, 0.25) is 5.02 Å². The normalized spacial score (nSPS) is 20.4. The van der Waals surface area contributed by atoms with Crippen molar-refractivity contribution < 1.29 is 0 Å². The number of hydrogen-bond donors (Lipinski definition) is 0. The molecule has 0 saturated carbocycles. The van der Waals surface area contributed by atoms with Crippen molar-refractivity contribution in [3.63, 3.8) is 0 Å². The van der Waals surface area contributed by atoms with E-state index >= 15 is 0 Å². The Balaban J connectivity index is 0.00000241. The lowest BCUT2D eigenvalue weighted by Gasteiger charge is -2.45. The van der Waals surface area contributed by atoms with Gasteiger partial charge in [0.2, 0.25) is 0 Å². The highest BCUT2D eigenvalue weighted by Crippen LogP contribution is 2.48. The molecular weight excluding hydrogens is 459 g/mol. The Labute approximate surface area is 213 Å². The number of nitrogens with zero attached hydrogens (tertiary/aromatic N) is 2. The second kappa shape index (κ2) is 9.09. The highest BCUT2D eigenvalue weighted by atomic mass is 35.5. The Morgan fingerprint density at radius 1 is 0.882 bits per heavy atom. The molecule has 0 radical (unpaired) electrons. The predicted octanol–water partition coefficient (Wildman–Crippen LogP) is 7.98. The molecule has 1 heterocycles. The lowest BCUT2D eigenvalue weighted by atomic mass is 9.71. The second-order valence-corrected chi connectivity index (χ2v) is 9.86. The molecule has 0 unspecified atom stereocenters. The molecule has 3 aromatic rings. The molecule has 34 heavy (non-hydrogen) atoms. The highest BCUT2D eigenvalue weighted by Gasteiger charge is 2.41. The standard InChI is InChI=1S/C30H27ClN2.ClH/c1-30(33-29(11-5-6-19-32-33)21-8-3-2-4-9-21)18-7-10-27-26-14-12-22-20-23(31)13-15-24(22)25(26)16-17-28(27)30;/h2-6,8-9,11,13,15-17,19-20H,7,10,12,14,18H2,1H3;1H/t30-;/m1./s1. The topological polar surface area (TPSA) is 15.6 Å². The van der Waals surface area contributed by atoms with E-state index in [0.717, 1.165) is 42.8 Å². The van der Waals surface area contributed by atoms with Crippen LogP contribution in [-0.4, -0.2) is 11.2 Å². The van der Waals surface area contributed by atoms with E-state index in [0.29, 0.717) is 0 Å². The molecular formula is C30H28Cl2N2.